The molecule has 3 N–H and O–H groups in total. The number of nitrogens with one attached hydrogen (secondary N) is 1. The standard InChI is InChI=1S/C16H24N2OS/c1-20-16(9-5-6-10-16)12-18-15(19)14(17)11-13-7-3-2-4-8-13/h2-4,7-8,14H,5-6,9-12,17H2,1H3,(H,18,19)/t14-/m0/s1. The van der Waals surface area contributed by atoms with Gasteiger partial charge in [0.05, 0.1) is 6.04 Å². The van der Waals surface area contributed by atoms with Crippen molar-refractivity contribution in [1.82, 2.24) is 5.32 Å². The highest BCUT2D eigenvalue weighted by molar-refractivity contribution is 8.00. The van der Waals surface area contributed by atoms with E-state index in [0.717, 1.165) is 12.1 Å². The van der Waals surface area contributed by atoms with E-state index in [1.807, 2.05) is 42.1 Å². The summed E-state index contributed by atoms with van der Waals surface area (Å²) >= 11 is 1.88. The number of rotatable bonds is 6. The second kappa shape index (κ2) is 7.14. The first-order valence-electron chi connectivity index (χ1n) is 7.28. The van der Waals surface area contributed by atoms with Crippen molar-refractivity contribution in [2.24, 2.45) is 5.73 Å². The van der Waals surface area contributed by atoms with Gasteiger partial charge in [0.25, 0.3) is 0 Å². The third kappa shape index (κ3) is 4.00. The number of hydrogen-bond donors (Lipinski definition) is 2. The lowest BCUT2D eigenvalue weighted by molar-refractivity contribution is -0.122. The third-order valence-electron chi connectivity index (χ3n) is 4.17. The molecule has 3 nitrogen and oxygen atoms in total. The lowest BCUT2D eigenvalue weighted by Gasteiger charge is -2.27. The summed E-state index contributed by atoms with van der Waals surface area (Å²) in [7, 11) is 0. The van der Waals surface area contributed by atoms with Gasteiger partial charge in [-0.3, -0.25) is 4.79 Å². The molecule has 1 amide bonds. The van der Waals surface area contributed by atoms with Gasteiger partial charge in [0.1, 0.15) is 0 Å². The zero-order valence-electron chi connectivity index (χ0n) is 12.1. The van der Waals surface area contributed by atoms with E-state index in [4.69, 9.17) is 5.73 Å². The number of carbonyl (C=O) groups excluding carboxylic acids is 1. The molecule has 4 heteroatoms. The van der Waals surface area contributed by atoms with Crippen molar-refractivity contribution in [1.29, 1.82) is 0 Å². The molecule has 1 atom stereocenters. The molecule has 1 aromatic rings. The van der Waals surface area contributed by atoms with E-state index in [-0.39, 0.29) is 10.7 Å². The van der Waals surface area contributed by atoms with E-state index in [2.05, 4.69) is 11.6 Å². The first-order valence-corrected chi connectivity index (χ1v) is 8.50. The van der Waals surface area contributed by atoms with E-state index >= 15 is 0 Å². The number of benzene rings is 1. The molecule has 0 radical (unpaired) electrons. The monoisotopic (exact) mass is 292 g/mol. The number of hydrogen-bond acceptors (Lipinski definition) is 3. The molecular weight excluding hydrogens is 268 g/mol. The largest absolute Gasteiger partial charge is 0.353 e. The van der Waals surface area contributed by atoms with Crippen molar-refractivity contribution in [3.8, 4) is 0 Å². The average Bonchev–Trinajstić information content (AvgIpc) is 2.95. The quantitative estimate of drug-likeness (QED) is 0.846. The lowest BCUT2D eigenvalue weighted by atomic mass is 10.0. The maximum absolute atomic E-state index is 12.1. The summed E-state index contributed by atoms with van der Waals surface area (Å²) in [5.41, 5.74) is 7.11. The van der Waals surface area contributed by atoms with Gasteiger partial charge in [-0.15, -0.1) is 0 Å². The van der Waals surface area contributed by atoms with Gasteiger partial charge in [0.2, 0.25) is 5.91 Å². The molecule has 1 fully saturated rings. The number of carbonyl (C=O) groups is 1. The van der Waals surface area contributed by atoms with Crippen molar-refractivity contribution in [3.63, 3.8) is 0 Å². The Morgan fingerprint density at radius 3 is 2.60 bits per heavy atom. The van der Waals surface area contributed by atoms with Crippen LogP contribution >= 0.6 is 11.8 Å². The number of amides is 1. The predicted octanol–water partition coefficient (Wildman–Crippen LogP) is 2.35. The first-order chi connectivity index (χ1) is 9.65. The van der Waals surface area contributed by atoms with Crippen LogP contribution in [0.15, 0.2) is 30.3 Å². The van der Waals surface area contributed by atoms with Gasteiger partial charge >= 0.3 is 0 Å². The summed E-state index contributed by atoms with van der Waals surface area (Å²) in [4.78, 5) is 12.1. The van der Waals surface area contributed by atoms with Crippen LogP contribution in [0.2, 0.25) is 0 Å². The Kier molecular flexibility index (Phi) is 5.49. The normalized spacial score (nSPS) is 18.7. The molecule has 1 saturated carbocycles. The van der Waals surface area contributed by atoms with Gasteiger partial charge in [0.15, 0.2) is 0 Å². The molecule has 0 heterocycles. The highest BCUT2D eigenvalue weighted by atomic mass is 32.2. The fraction of sp³-hybridized carbons (Fsp3) is 0.562. The van der Waals surface area contributed by atoms with Crippen LogP contribution in [0, 0.1) is 0 Å². The summed E-state index contributed by atoms with van der Waals surface area (Å²) in [6, 6.07) is 9.47. The highest BCUT2D eigenvalue weighted by Gasteiger charge is 2.33. The van der Waals surface area contributed by atoms with Crippen LogP contribution < -0.4 is 11.1 Å². The van der Waals surface area contributed by atoms with Gasteiger partial charge in [-0.1, -0.05) is 43.2 Å². The van der Waals surface area contributed by atoms with Crippen LogP contribution in [0.3, 0.4) is 0 Å². The molecule has 0 saturated heterocycles. The molecule has 0 unspecified atom stereocenters. The van der Waals surface area contributed by atoms with Crippen LogP contribution in [-0.2, 0) is 11.2 Å². The molecule has 1 aliphatic carbocycles. The van der Waals surface area contributed by atoms with E-state index < -0.39 is 6.04 Å². The highest BCUT2D eigenvalue weighted by Crippen LogP contribution is 2.39. The second-order valence-electron chi connectivity index (χ2n) is 5.61. The Labute approximate surface area is 125 Å². The number of thioether (sulfide) groups is 1. The van der Waals surface area contributed by atoms with Crippen LogP contribution in [-0.4, -0.2) is 29.5 Å². The summed E-state index contributed by atoms with van der Waals surface area (Å²) in [6.07, 6.45) is 7.67. The SMILES string of the molecule is CSC1(CNC(=O)[C@@H](N)Cc2ccccc2)CCCC1. The zero-order valence-corrected chi connectivity index (χ0v) is 12.9. The Morgan fingerprint density at radius 2 is 2.00 bits per heavy atom. The summed E-state index contributed by atoms with van der Waals surface area (Å²) in [5.74, 6) is -0.0332. The van der Waals surface area contributed by atoms with E-state index in [0.29, 0.717) is 6.42 Å². The van der Waals surface area contributed by atoms with Gasteiger partial charge in [-0.05, 0) is 31.1 Å². The van der Waals surface area contributed by atoms with Crippen molar-refractivity contribution in [3.05, 3.63) is 35.9 Å². The molecule has 110 valence electrons. The lowest BCUT2D eigenvalue weighted by Crippen LogP contribution is -2.46. The Bertz CT molecular complexity index is 429. The second-order valence-corrected chi connectivity index (χ2v) is 6.88. The first kappa shape index (κ1) is 15.4. The topological polar surface area (TPSA) is 55.1 Å². The van der Waals surface area contributed by atoms with Crippen molar-refractivity contribution in [2.45, 2.75) is 42.9 Å². The minimum absolute atomic E-state index is 0.0332. The van der Waals surface area contributed by atoms with Crippen LogP contribution in [0.5, 0.6) is 0 Å². The maximum Gasteiger partial charge on any atom is 0.237 e. The molecule has 0 aliphatic heterocycles. The zero-order chi connectivity index (χ0) is 14.4. The van der Waals surface area contributed by atoms with Gasteiger partial charge in [-0.25, -0.2) is 0 Å². The summed E-state index contributed by atoms with van der Waals surface area (Å²) in [6.45, 7) is 0.746. The Hall–Kier alpha value is -1.00. The molecule has 1 aromatic carbocycles. The third-order valence-corrected chi connectivity index (χ3v) is 5.59. The van der Waals surface area contributed by atoms with Gasteiger partial charge in [-0.2, -0.15) is 11.8 Å². The van der Waals surface area contributed by atoms with E-state index in [1.54, 1.807) is 0 Å². The minimum Gasteiger partial charge on any atom is -0.353 e. The van der Waals surface area contributed by atoms with Gasteiger partial charge in [0, 0.05) is 11.3 Å². The fourth-order valence-electron chi connectivity index (χ4n) is 2.81. The van der Waals surface area contributed by atoms with E-state index in [9.17, 15) is 4.79 Å². The van der Waals surface area contributed by atoms with Crippen LogP contribution in [0.1, 0.15) is 31.2 Å². The smallest absolute Gasteiger partial charge is 0.237 e. The maximum atomic E-state index is 12.1. The van der Waals surface area contributed by atoms with Crippen LogP contribution in [0.4, 0.5) is 0 Å². The average molecular weight is 292 g/mol. The van der Waals surface area contributed by atoms with Crippen molar-refractivity contribution < 1.29 is 4.79 Å². The molecular formula is C16H24N2OS. The van der Waals surface area contributed by atoms with Crippen LogP contribution in [0.25, 0.3) is 0 Å². The molecule has 0 bridgehead atoms. The minimum atomic E-state index is -0.460. The van der Waals surface area contributed by atoms with E-state index in [1.165, 1.54) is 25.7 Å². The van der Waals surface area contributed by atoms with Crippen molar-refractivity contribution >= 4 is 17.7 Å². The predicted molar refractivity (Wildman–Crippen MR) is 85.8 cm³/mol. The molecule has 0 aromatic heterocycles. The summed E-state index contributed by atoms with van der Waals surface area (Å²) in [5, 5.41) is 3.05. The van der Waals surface area contributed by atoms with Crippen molar-refractivity contribution in [2.75, 3.05) is 12.8 Å². The molecule has 1 aliphatic rings. The Morgan fingerprint density at radius 1 is 1.35 bits per heavy atom. The van der Waals surface area contributed by atoms with Gasteiger partial charge < -0.3 is 11.1 Å². The molecule has 0 spiro atoms. The summed E-state index contributed by atoms with van der Waals surface area (Å²) < 4.78 is 0.238. The Balaban J connectivity index is 1.82. The molecule has 2 rings (SSSR count). The fourth-order valence-corrected chi connectivity index (χ4v) is 3.73. The molecule has 20 heavy (non-hydrogen) atoms. The number of nitrogens with two attached hydrogens (primary N) is 1.